The van der Waals surface area contributed by atoms with Crippen LogP contribution in [0.3, 0.4) is 0 Å². The van der Waals surface area contributed by atoms with Crippen LogP contribution < -0.4 is 10.1 Å². The zero-order valence-corrected chi connectivity index (χ0v) is 16.7. The summed E-state index contributed by atoms with van der Waals surface area (Å²) in [6, 6.07) is 10.1. The lowest BCUT2D eigenvalue weighted by molar-refractivity contribution is 0.0885. The Labute approximate surface area is 168 Å². The maximum Gasteiger partial charge on any atom is 0.271 e. The summed E-state index contributed by atoms with van der Waals surface area (Å²) < 4.78 is 7.71. The molecule has 0 saturated heterocycles. The van der Waals surface area contributed by atoms with Gasteiger partial charge in [-0.3, -0.25) is 14.5 Å². The molecule has 3 aromatic rings. The van der Waals surface area contributed by atoms with Crippen LogP contribution in [0.2, 0.25) is 5.02 Å². The van der Waals surface area contributed by atoms with Gasteiger partial charge in [0.15, 0.2) is 0 Å². The highest BCUT2D eigenvalue weighted by Gasteiger charge is 2.26. The van der Waals surface area contributed by atoms with Crippen molar-refractivity contribution in [2.24, 2.45) is 7.05 Å². The fraction of sp³-hybridized carbons (Fsp3) is 0.381. The molecule has 7 heteroatoms. The third-order valence-corrected chi connectivity index (χ3v) is 5.70. The zero-order valence-electron chi connectivity index (χ0n) is 16.0. The summed E-state index contributed by atoms with van der Waals surface area (Å²) in [7, 11) is 1.73. The smallest absolute Gasteiger partial charge is 0.271 e. The van der Waals surface area contributed by atoms with Crippen molar-refractivity contribution in [2.75, 3.05) is 0 Å². The normalized spacial score (nSPS) is 19.5. The first-order chi connectivity index (χ1) is 13.5. The van der Waals surface area contributed by atoms with Gasteiger partial charge in [0, 0.05) is 24.7 Å². The van der Waals surface area contributed by atoms with Gasteiger partial charge >= 0.3 is 0 Å². The summed E-state index contributed by atoms with van der Waals surface area (Å²) in [6.45, 7) is 1.80. The van der Waals surface area contributed by atoms with Crippen molar-refractivity contribution in [1.29, 1.82) is 0 Å². The molecule has 0 bridgehead atoms. The van der Waals surface area contributed by atoms with Gasteiger partial charge in [-0.15, -0.1) is 0 Å². The molecule has 1 aromatic carbocycles. The van der Waals surface area contributed by atoms with E-state index in [-0.39, 0.29) is 18.1 Å². The van der Waals surface area contributed by atoms with E-state index in [0.717, 1.165) is 42.3 Å². The van der Waals surface area contributed by atoms with Crippen LogP contribution in [0.1, 0.15) is 41.9 Å². The Bertz CT molecular complexity index is 1010. The van der Waals surface area contributed by atoms with Gasteiger partial charge < -0.3 is 10.1 Å². The molecule has 1 aliphatic rings. The van der Waals surface area contributed by atoms with Gasteiger partial charge in [-0.2, -0.15) is 5.10 Å². The molecular weight excluding hydrogens is 376 g/mol. The number of carbonyl (C=O) groups is 1. The van der Waals surface area contributed by atoms with Crippen LogP contribution >= 0.6 is 11.6 Å². The number of halogens is 1. The minimum Gasteiger partial charge on any atom is -0.490 e. The maximum atomic E-state index is 12.6. The summed E-state index contributed by atoms with van der Waals surface area (Å²) in [5, 5.41) is 8.79. The predicted molar refractivity (Wildman–Crippen MR) is 109 cm³/mol. The summed E-state index contributed by atoms with van der Waals surface area (Å²) in [6.07, 6.45) is 5.49. The number of nitrogens with one attached hydrogen (secondary N) is 1. The van der Waals surface area contributed by atoms with Crippen molar-refractivity contribution < 1.29 is 9.53 Å². The van der Waals surface area contributed by atoms with Gasteiger partial charge in [-0.1, -0.05) is 17.7 Å². The molecule has 0 radical (unpaired) electrons. The first-order valence-corrected chi connectivity index (χ1v) is 9.90. The molecule has 146 valence electrons. The molecule has 1 amide bonds. The number of aryl methyl sites for hydroxylation is 2. The van der Waals surface area contributed by atoms with Crippen LogP contribution in [0.4, 0.5) is 0 Å². The van der Waals surface area contributed by atoms with E-state index >= 15 is 0 Å². The number of ether oxygens (including phenoxy) is 1. The molecular formula is C21H23ClN4O2. The fourth-order valence-corrected chi connectivity index (χ4v) is 4.02. The molecule has 1 saturated carbocycles. The van der Waals surface area contributed by atoms with Crippen LogP contribution in [0.5, 0.6) is 5.75 Å². The molecule has 1 N–H and O–H groups in total. The quantitative estimate of drug-likeness (QED) is 0.719. The molecule has 1 aliphatic carbocycles. The Kier molecular flexibility index (Phi) is 5.22. The SMILES string of the molecule is Cc1nn(C)c(C(=O)NC2CCC(Oc3ccc4ncccc4c3)CC2)c1Cl. The molecule has 2 heterocycles. The molecule has 28 heavy (non-hydrogen) atoms. The van der Waals surface area contributed by atoms with E-state index in [1.54, 1.807) is 20.2 Å². The standard InChI is InChI=1S/C21H23ClN4O2/c1-13-19(22)20(26(2)25-13)21(27)24-15-5-7-16(8-6-15)28-17-9-10-18-14(12-17)4-3-11-23-18/h3-4,9-12,15-16H,5-8H2,1-2H3,(H,24,27). The number of hydrogen-bond donors (Lipinski definition) is 1. The number of pyridine rings is 1. The molecule has 1 fully saturated rings. The largest absolute Gasteiger partial charge is 0.490 e. The lowest BCUT2D eigenvalue weighted by Gasteiger charge is -2.29. The van der Waals surface area contributed by atoms with Crippen LogP contribution in [0, 0.1) is 6.92 Å². The number of amides is 1. The number of carbonyl (C=O) groups excluding carboxylic acids is 1. The van der Waals surface area contributed by atoms with Gasteiger partial charge in [0.25, 0.3) is 5.91 Å². The molecule has 0 unspecified atom stereocenters. The Morgan fingerprint density at radius 2 is 2.04 bits per heavy atom. The van der Waals surface area contributed by atoms with Crippen LogP contribution in [-0.2, 0) is 7.05 Å². The van der Waals surface area contributed by atoms with Crippen molar-refractivity contribution in [3.8, 4) is 5.75 Å². The monoisotopic (exact) mass is 398 g/mol. The van der Waals surface area contributed by atoms with Crippen LogP contribution in [0.15, 0.2) is 36.5 Å². The Morgan fingerprint density at radius 3 is 2.75 bits per heavy atom. The summed E-state index contributed by atoms with van der Waals surface area (Å²) in [5.41, 5.74) is 2.05. The Balaban J connectivity index is 1.33. The molecule has 0 spiro atoms. The van der Waals surface area contributed by atoms with E-state index in [4.69, 9.17) is 16.3 Å². The van der Waals surface area contributed by atoms with E-state index in [0.29, 0.717) is 16.4 Å². The van der Waals surface area contributed by atoms with Gasteiger partial charge in [-0.05, 0) is 56.9 Å². The maximum absolute atomic E-state index is 12.6. The number of nitrogens with zero attached hydrogens (tertiary/aromatic N) is 3. The number of hydrogen-bond acceptors (Lipinski definition) is 4. The molecule has 0 atom stereocenters. The van der Waals surface area contributed by atoms with Gasteiger partial charge in [-0.25, -0.2) is 0 Å². The second-order valence-corrected chi connectivity index (χ2v) is 7.67. The van der Waals surface area contributed by atoms with Gasteiger partial charge in [0.1, 0.15) is 11.4 Å². The van der Waals surface area contributed by atoms with E-state index < -0.39 is 0 Å². The van der Waals surface area contributed by atoms with Crippen molar-refractivity contribution in [3.05, 3.63) is 52.9 Å². The second-order valence-electron chi connectivity index (χ2n) is 7.29. The summed E-state index contributed by atoms with van der Waals surface area (Å²) >= 11 is 6.21. The molecule has 4 rings (SSSR count). The third kappa shape index (κ3) is 3.83. The minimum absolute atomic E-state index is 0.124. The van der Waals surface area contributed by atoms with E-state index in [1.165, 1.54) is 4.68 Å². The van der Waals surface area contributed by atoms with E-state index in [9.17, 15) is 4.79 Å². The minimum atomic E-state index is -0.167. The van der Waals surface area contributed by atoms with Crippen molar-refractivity contribution in [3.63, 3.8) is 0 Å². The first-order valence-electron chi connectivity index (χ1n) is 9.52. The highest BCUT2D eigenvalue weighted by atomic mass is 35.5. The van der Waals surface area contributed by atoms with Crippen LogP contribution in [-0.4, -0.2) is 32.8 Å². The molecule has 2 aromatic heterocycles. The number of rotatable bonds is 4. The average Bonchev–Trinajstić information content (AvgIpc) is 2.95. The molecule has 6 nitrogen and oxygen atoms in total. The second kappa shape index (κ2) is 7.80. The Morgan fingerprint density at radius 1 is 1.25 bits per heavy atom. The van der Waals surface area contributed by atoms with E-state index in [2.05, 4.69) is 15.4 Å². The summed E-state index contributed by atoms with van der Waals surface area (Å²) in [4.78, 5) is 16.9. The third-order valence-electron chi connectivity index (χ3n) is 5.25. The van der Waals surface area contributed by atoms with Gasteiger partial charge in [0.2, 0.25) is 0 Å². The van der Waals surface area contributed by atoms with Crippen molar-refractivity contribution >= 4 is 28.4 Å². The van der Waals surface area contributed by atoms with Crippen LogP contribution in [0.25, 0.3) is 10.9 Å². The Hall–Kier alpha value is -2.60. The lowest BCUT2D eigenvalue weighted by atomic mass is 9.92. The number of aromatic nitrogens is 3. The average molecular weight is 399 g/mol. The predicted octanol–water partition coefficient (Wildman–Crippen LogP) is 4.05. The van der Waals surface area contributed by atoms with Crippen molar-refractivity contribution in [1.82, 2.24) is 20.1 Å². The molecule has 0 aliphatic heterocycles. The first kappa shape index (κ1) is 18.7. The number of benzene rings is 1. The van der Waals surface area contributed by atoms with Crippen molar-refractivity contribution in [2.45, 2.75) is 44.8 Å². The highest BCUT2D eigenvalue weighted by molar-refractivity contribution is 6.34. The fourth-order valence-electron chi connectivity index (χ4n) is 3.78. The summed E-state index contributed by atoms with van der Waals surface area (Å²) in [5.74, 6) is 0.699. The lowest BCUT2D eigenvalue weighted by Crippen LogP contribution is -2.40. The topological polar surface area (TPSA) is 69.0 Å². The van der Waals surface area contributed by atoms with Gasteiger partial charge in [0.05, 0.1) is 22.3 Å². The van der Waals surface area contributed by atoms with E-state index in [1.807, 2.05) is 30.3 Å². The highest BCUT2D eigenvalue weighted by Crippen LogP contribution is 2.27. The zero-order chi connectivity index (χ0) is 19.7. The number of fused-ring (bicyclic) bond motifs is 1.